The first kappa shape index (κ1) is 16.0. The number of hydrogen-bond acceptors (Lipinski definition) is 3. The first-order valence-electron chi connectivity index (χ1n) is 6.45. The molecule has 0 aliphatic rings. The standard InChI is InChI=1S/C15H21NO4/c1-10-5-7-11(8-6-10)9-12(13(17)18)16-14(19)20-15(2,3)4/h5-8,12H,9H2,1-4H3,(H,16,19)(H,17,18)/t12-/m1/s1. The summed E-state index contributed by atoms with van der Waals surface area (Å²) < 4.78 is 5.06. The van der Waals surface area contributed by atoms with Crippen molar-refractivity contribution in [2.45, 2.75) is 45.8 Å². The van der Waals surface area contributed by atoms with E-state index in [1.165, 1.54) is 0 Å². The van der Waals surface area contributed by atoms with Gasteiger partial charge in [-0.25, -0.2) is 9.59 Å². The van der Waals surface area contributed by atoms with E-state index in [1.54, 1.807) is 20.8 Å². The Kier molecular flexibility index (Phi) is 5.13. The average molecular weight is 279 g/mol. The number of carbonyl (C=O) groups is 2. The summed E-state index contributed by atoms with van der Waals surface area (Å²) in [5.41, 5.74) is 1.29. The molecule has 0 saturated carbocycles. The fourth-order valence-electron chi connectivity index (χ4n) is 1.61. The third-order valence-corrected chi connectivity index (χ3v) is 2.55. The van der Waals surface area contributed by atoms with Gasteiger partial charge in [-0.1, -0.05) is 29.8 Å². The van der Waals surface area contributed by atoms with E-state index < -0.39 is 23.7 Å². The van der Waals surface area contributed by atoms with Gasteiger partial charge >= 0.3 is 12.1 Å². The lowest BCUT2D eigenvalue weighted by Gasteiger charge is -2.22. The summed E-state index contributed by atoms with van der Waals surface area (Å²) in [5.74, 6) is -1.09. The van der Waals surface area contributed by atoms with Crippen molar-refractivity contribution in [2.24, 2.45) is 0 Å². The SMILES string of the molecule is Cc1ccc(C[C@@H](NC(=O)OC(C)(C)C)C(=O)O)cc1. The number of ether oxygens (including phenoxy) is 1. The van der Waals surface area contributed by atoms with Gasteiger partial charge in [0.05, 0.1) is 0 Å². The van der Waals surface area contributed by atoms with Crippen LogP contribution in [0.25, 0.3) is 0 Å². The minimum Gasteiger partial charge on any atom is -0.480 e. The largest absolute Gasteiger partial charge is 0.480 e. The maximum Gasteiger partial charge on any atom is 0.408 e. The van der Waals surface area contributed by atoms with E-state index in [4.69, 9.17) is 9.84 Å². The second kappa shape index (κ2) is 6.41. The van der Waals surface area contributed by atoms with Crippen molar-refractivity contribution in [3.8, 4) is 0 Å². The summed E-state index contributed by atoms with van der Waals surface area (Å²) in [6.07, 6.45) is -0.508. The number of carboxylic acid groups (broad SMARTS) is 1. The number of aliphatic carboxylic acids is 1. The Hall–Kier alpha value is -2.04. The van der Waals surface area contributed by atoms with E-state index in [9.17, 15) is 9.59 Å². The normalized spacial score (nSPS) is 12.6. The van der Waals surface area contributed by atoms with Gasteiger partial charge in [-0.2, -0.15) is 0 Å². The lowest BCUT2D eigenvalue weighted by molar-refractivity contribution is -0.139. The molecule has 0 bridgehead atoms. The highest BCUT2D eigenvalue weighted by atomic mass is 16.6. The number of benzene rings is 1. The number of hydrogen-bond donors (Lipinski definition) is 2. The molecular weight excluding hydrogens is 258 g/mol. The van der Waals surface area contributed by atoms with Gasteiger partial charge in [0.25, 0.3) is 0 Å². The summed E-state index contributed by atoms with van der Waals surface area (Å²) in [6.45, 7) is 7.13. The number of carbonyl (C=O) groups excluding carboxylic acids is 1. The van der Waals surface area contributed by atoms with Crippen LogP contribution in [0.15, 0.2) is 24.3 Å². The van der Waals surface area contributed by atoms with Crippen LogP contribution in [0.2, 0.25) is 0 Å². The topological polar surface area (TPSA) is 75.6 Å². The molecule has 0 saturated heterocycles. The zero-order valence-corrected chi connectivity index (χ0v) is 12.3. The molecule has 110 valence electrons. The van der Waals surface area contributed by atoms with Crippen LogP contribution in [0, 0.1) is 6.92 Å². The molecule has 1 atom stereocenters. The molecule has 0 aromatic heterocycles. The molecule has 0 aliphatic heterocycles. The van der Waals surface area contributed by atoms with Gasteiger partial charge in [-0.05, 0) is 33.3 Å². The highest BCUT2D eigenvalue weighted by Crippen LogP contribution is 2.09. The van der Waals surface area contributed by atoms with E-state index in [0.717, 1.165) is 11.1 Å². The van der Waals surface area contributed by atoms with Crippen molar-refractivity contribution in [1.29, 1.82) is 0 Å². The molecule has 0 radical (unpaired) electrons. The minimum atomic E-state index is -1.09. The maximum absolute atomic E-state index is 11.6. The molecule has 0 spiro atoms. The van der Waals surface area contributed by atoms with Gasteiger partial charge in [0.2, 0.25) is 0 Å². The Morgan fingerprint density at radius 1 is 1.25 bits per heavy atom. The summed E-state index contributed by atoms with van der Waals surface area (Å²) in [4.78, 5) is 22.8. The molecule has 0 heterocycles. The average Bonchev–Trinajstić information content (AvgIpc) is 2.28. The second-order valence-corrected chi connectivity index (χ2v) is 5.73. The summed E-state index contributed by atoms with van der Waals surface area (Å²) in [6, 6.07) is 6.50. The third-order valence-electron chi connectivity index (χ3n) is 2.55. The Labute approximate surface area is 118 Å². The van der Waals surface area contributed by atoms with Gasteiger partial charge in [0.1, 0.15) is 11.6 Å². The Balaban J connectivity index is 2.68. The first-order chi connectivity index (χ1) is 9.17. The number of amides is 1. The summed E-state index contributed by atoms with van der Waals surface area (Å²) >= 11 is 0. The molecule has 2 N–H and O–H groups in total. The van der Waals surface area contributed by atoms with Crippen molar-refractivity contribution in [1.82, 2.24) is 5.32 Å². The zero-order valence-electron chi connectivity index (χ0n) is 12.3. The third kappa shape index (κ3) is 5.73. The quantitative estimate of drug-likeness (QED) is 0.888. The van der Waals surface area contributed by atoms with E-state index >= 15 is 0 Å². The predicted molar refractivity (Wildman–Crippen MR) is 75.7 cm³/mol. The molecule has 0 unspecified atom stereocenters. The summed E-state index contributed by atoms with van der Waals surface area (Å²) in [7, 11) is 0. The van der Waals surface area contributed by atoms with E-state index in [0.29, 0.717) is 0 Å². The molecule has 1 aromatic rings. The van der Waals surface area contributed by atoms with E-state index in [1.807, 2.05) is 31.2 Å². The minimum absolute atomic E-state index is 0.217. The highest BCUT2D eigenvalue weighted by Gasteiger charge is 2.24. The highest BCUT2D eigenvalue weighted by molar-refractivity contribution is 5.80. The molecule has 5 nitrogen and oxygen atoms in total. The number of rotatable bonds is 4. The van der Waals surface area contributed by atoms with E-state index in [-0.39, 0.29) is 6.42 Å². The van der Waals surface area contributed by atoms with Crippen LogP contribution in [-0.2, 0) is 16.0 Å². The molecule has 0 fully saturated rings. The molecule has 20 heavy (non-hydrogen) atoms. The fraction of sp³-hybridized carbons (Fsp3) is 0.467. The van der Waals surface area contributed by atoms with Crippen LogP contribution >= 0.6 is 0 Å². The van der Waals surface area contributed by atoms with Crippen LogP contribution in [-0.4, -0.2) is 28.8 Å². The van der Waals surface area contributed by atoms with Crippen molar-refractivity contribution < 1.29 is 19.4 Å². The van der Waals surface area contributed by atoms with Crippen LogP contribution in [0.1, 0.15) is 31.9 Å². The lowest BCUT2D eigenvalue weighted by Crippen LogP contribution is -2.44. The zero-order chi connectivity index (χ0) is 15.3. The number of aryl methyl sites for hydroxylation is 1. The first-order valence-corrected chi connectivity index (χ1v) is 6.45. The monoisotopic (exact) mass is 279 g/mol. The van der Waals surface area contributed by atoms with Crippen molar-refractivity contribution in [3.63, 3.8) is 0 Å². The predicted octanol–water partition coefficient (Wildman–Crippen LogP) is 2.52. The van der Waals surface area contributed by atoms with Crippen molar-refractivity contribution >= 4 is 12.1 Å². The number of carboxylic acids is 1. The molecule has 0 aliphatic carbocycles. The van der Waals surface area contributed by atoms with Crippen LogP contribution in [0.4, 0.5) is 4.79 Å². The summed E-state index contributed by atoms with van der Waals surface area (Å²) in [5, 5.41) is 11.5. The van der Waals surface area contributed by atoms with Crippen molar-refractivity contribution in [3.05, 3.63) is 35.4 Å². The van der Waals surface area contributed by atoms with Gasteiger partial charge in [-0.15, -0.1) is 0 Å². The van der Waals surface area contributed by atoms with Gasteiger partial charge in [-0.3, -0.25) is 0 Å². The van der Waals surface area contributed by atoms with Gasteiger partial charge in [0.15, 0.2) is 0 Å². The molecular formula is C15H21NO4. The molecule has 1 amide bonds. The lowest BCUT2D eigenvalue weighted by atomic mass is 10.0. The van der Waals surface area contributed by atoms with Crippen LogP contribution < -0.4 is 5.32 Å². The van der Waals surface area contributed by atoms with Crippen LogP contribution in [0.5, 0.6) is 0 Å². The smallest absolute Gasteiger partial charge is 0.408 e. The fourth-order valence-corrected chi connectivity index (χ4v) is 1.61. The van der Waals surface area contributed by atoms with Gasteiger partial charge in [0, 0.05) is 6.42 Å². The van der Waals surface area contributed by atoms with E-state index in [2.05, 4.69) is 5.32 Å². The molecule has 1 rings (SSSR count). The second-order valence-electron chi connectivity index (χ2n) is 5.73. The van der Waals surface area contributed by atoms with Crippen molar-refractivity contribution in [2.75, 3.05) is 0 Å². The Bertz CT molecular complexity index is 474. The molecule has 1 aromatic carbocycles. The van der Waals surface area contributed by atoms with Crippen LogP contribution in [0.3, 0.4) is 0 Å². The Morgan fingerprint density at radius 2 is 1.80 bits per heavy atom. The molecule has 5 heteroatoms. The Morgan fingerprint density at radius 3 is 2.25 bits per heavy atom. The number of alkyl carbamates (subject to hydrolysis) is 1. The van der Waals surface area contributed by atoms with Gasteiger partial charge < -0.3 is 15.2 Å². The maximum atomic E-state index is 11.6. The number of nitrogens with one attached hydrogen (secondary N) is 1.